The van der Waals surface area contributed by atoms with Crippen LogP contribution in [0.2, 0.25) is 0 Å². The van der Waals surface area contributed by atoms with Crippen molar-refractivity contribution in [1.29, 1.82) is 0 Å². The van der Waals surface area contributed by atoms with Crippen LogP contribution in [0, 0.1) is 10.1 Å². The topological polar surface area (TPSA) is 92.5 Å². The molecule has 2 N–H and O–H groups in total. The van der Waals surface area contributed by atoms with Gasteiger partial charge in [-0.2, -0.15) is 0 Å². The monoisotopic (exact) mass is 330 g/mol. The maximum absolute atomic E-state index is 11.9. The molecule has 6 nitrogen and oxygen atoms in total. The molecule has 7 heteroatoms. The van der Waals surface area contributed by atoms with Crippen molar-refractivity contribution in [3.63, 3.8) is 0 Å². The van der Waals surface area contributed by atoms with E-state index < -0.39 is 16.4 Å². The van der Waals surface area contributed by atoms with Gasteiger partial charge in [-0.3, -0.25) is 14.9 Å². The molecule has 104 valence electrons. The number of nitrogens with zero attached hydrogens (tertiary/aromatic N) is 1. The van der Waals surface area contributed by atoms with Gasteiger partial charge in [-0.1, -0.05) is 22.9 Å². The molecule has 0 radical (unpaired) electrons. The number of nitro groups is 1. The van der Waals surface area contributed by atoms with Gasteiger partial charge in [0, 0.05) is 28.7 Å². The van der Waals surface area contributed by atoms with Crippen molar-refractivity contribution >= 4 is 27.5 Å². The highest BCUT2D eigenvalue weighted by molar-refractivity contribution is 9.10. The van der Waals surface area contributed by atoms with Crippen LogP contribution < -0.4 is 5.32 Å². The molecule has 1 unspecified atom stereocenters. The minimum atomic E-state index is -0.992. The van der Waals surface area contributed by atoms with Gasteiger partial charge in [-0.25, -0.2) is 0 Å². The van der Waals surface area contributed by atoms with Crippen LogP contribution in [-0.4, -0.2) is 28.1 Å². The Bertz CT molecular complexity index is 503. The first-order valence-corrected chi connectivity index (χ1v) is 6.50. The van der Waals surface area contributed by atoms with Crippen LogP contribution in [0.25, 0.3) is 0 Å². The predicted octanol–water partition coefficient (Wildman–Crippen LogP) is 2.25. The molecular formula is C12H15BrN2O4. The summed E-state index contributed by atoms with van der Waals surface area (Å²) in [5.41, 5.74) is -0.983. The van der Waals surface area contributed by atoms with Gasteiger partial charge in [0.15, 0.2) is 0 Å². The number of hydrogen-bond acceptors (Lipinski definition) is 4. The fraction of sp³-hybridized carbons (Fsp3) is 0.417. The number of halogens is 1. The third kappa shape index (κ3) is 4.60. The number of amides is 1. The second-order valence-corrected chi connectivity index (χ2v) is 5.40. The Kier molecular flexibility index (Phi) is 5.02. The Morgan fingerprint density at radius 2 is 2.16 bits per heavy atom. The van der Waals surface area contributed by atoms with Crippen molar-refractivity contribution in [2.24, 2.45) is 0 Å². The van der Waals surface area contributed by atoms with Gasteiger partial charge in [0.1, 0.15) is 0 Å². The molecule has 1 aromatic rings. The summed E-state index contributed by atoms with van der Waals surface area (Å²) in [5, 5.41) is 23.0. The maximum Gasteiger partial charge on any atom is 0.271 e. The largest absolute Gasteiger partial charge is 0.388 e. The number of non-ortho nitro benzene ring substituents is 1. The lowest BCUT2D eigenvalue weighted by Gasteiger charge is -2.21. The van der Waals surface area contributed by atoms with Gasteiger partial charge in [0.2, 0.25) is 0 Å². The van der Waals surface area contributed by atoms with Gasteiger partial charge in [-0.15, -0.1) is 0 Å². The second-order valence-electron chi connectivity index (χ2n) is 4.49. The van der Waals surface area contributed by atoms with Gasteiger partial charge < -0.3 is 10.4 Å². The fourth-order valence-corrected chi connectivity index (χ4v) is 1.79. The van der Waals surface area contributed by atoms with E-state index >= 15 is 0 Å². The van der Waals surface area contributed by atoms with Crippen molar-refractivity contribution < 1.29 is 14.8 Å². The van der Waals surface area contributed by atoms with Crippen molar-refractivity contribution in [3.8, 4) is 0 Å². The van der Waals surface area contributed by atoms with Crippen LogP contribution in [0.3, 0.4) is 0 Å². The van der Waals surface area contributed by atoms with Gasteiger partial charge in [-0.05, 0) is 19.4 Å². The first kappa shape index (κ1) is 15.6. The molecule has 0 fully saturated rings. The lowest BCUT2D eigenvalue weighted by Crippen LogP contribution is -2.40. The summed E-state index contributed by atoms with van der Waals surface area (Å²) in [6.45, 7) is 3.50. The molecule has 0 bridgehead atoms. The summed E-state index contributed by atoms with van der Waals surface area (Å²) in [6, 6.07) is 4.00. The number of rotatable bonds is 5. The van der Waals surface area contributed by atoms with E-state index in [0.717, 1.165) is 0 Å². The minimum Gasteiger partial charge on any atom is -0.388 e. The van der Waals surface area contributed by atoms with E-state index in [1.807, 2.05) is 0 Å². The lowest BCUT2D eigenvalue weighted by molar-refractivity contribution is -0.385. The number of aliphatic hydroxyl groups is 1. The molecule has 0 saturated carbocycles. The standard InChI is InChI=1S/C12H15BrN2O4/c1-3-12(2,17)7-14-11(16)8-4-9(13)6-10(5-8)15(18)19/h4-6,17H,3,7H2,1-2H3,(H,14,16). The smallest absolute Gasteiger partial charge is 0.271 e. The van der Waals surface area contributed by atoms with Crippen LogP contribution in [0.1, 0.15) is 30.6 Å². The molecule has 1 amide bonds. The fourth-order valence-electron chi connectivity index (χ4n) is 1.31. The zero-order chi connectivity index (χ0) is 14.6. The van der Waals surface area contributed by atoms with Crippen LogP contribution in [-0.2, 0) is 0 Å². The maximum atomic E-state index is 11.9. The zero-order valence-electron chi connectivity index (χ0n) is 10.6. The molecule has 19 heavy (non-hydrogen) atoms. The number of nitrogens with one attached hydrogen (secondary N) is 1. The summed E-state index contributed by atoms with van der Waals surface area (Å²) in [6.07, 6.45) is 0.492. The molecule has 1 atom stereocenters. The zero-order valence-corrected chi connectivity index (χ0v) is 12.2. The molecule has 0 aliphatic carbocycles. The Morgan fingerprint density at radius 3 is 2.68 bits per heavy atom. The summed E-state index contributed by atoms with van der Waals surface area (Å²) in [5.74, 6) is -0.460. The highest BCUT2D eigenvalue weighted by Gasteiger charge is 2.20. The quantitative estimate of drug-likeness (QED) is 0.639. The number of benzene rings is 1. The van der Waals surface area contributed by atoms with E-state index in [1.54, 1.807) is 13.8 Å². The number of carbonyl (C=O) groups excluding carboxylic acids is 1. The molecule has 1 aromatic carbocycles. The number of hydrogen-bond donors (Lipinski definition) is 2. The van der Waals surface area contributed by atoms with Crippen molar-refractivity contribution in [3.05, 3.63) is 38.3 Å². The van der Waals surface area contributed by atoms with E-state index in [-0.39, 0.29) is 17.8 Å². The van der Waals surface area contributed by atoms with Crippen molar-refractivity contribution in [2.75, 3.05) is 6.54 Å². The first-order valence-electron chi connectivity index (χ1n) is 5.71. The lowest BCUT2D eigenvalue weighted by atomic mass is 10.0. The highest BCUT2D eigenvalue weighted by atomic mass is 79.9. The Balaban J connectivity index is 2.85. The predicted molar refractivity (Wildman–Crippen MR) is 74.0 cm³/mol. The van der Waals surface area contributed by atoms with Crippen molar-refractivity contribution in [1.82, 2.24) is 5.32 Å². The Hall–Kier alpha value is -1.47. The molecule has 0 saturated heterocycles. The molecule has 0 aliphatic heterocycles. The SMILES string of the molecule is CCC(C)(O)CNC(=O)c1cc(Br)cc([N+](=O)[O-])c1. The third-order valence-electron chi connectivity index (χ3n) is 2.75. The van der Waals surface area contributed by atoms with E-state index in [4.69, 9.17) is 0 Å². The van der Waals surface area contributed by atoms with Crippen LogP contribution >= 0.6 is 15.9 Å². The van der Waals surface area contributed by atoms with Gasteiger partial charge >= 0.3 is 0 Å². The van der Waals surface area contributed by atoms with E-state index in [2.05, 4.69) is 21.2 Å². The second kappa shape index (κ2) is 6.12. The van der Waals surface area contributed by atoms with Gasteiger partial charge in [0.05, 0.1) is 10.5 Å². The van der Waals surface area contributed by atoms with Crippen molar-refractivity contribution in [2.45, 2.75) is 25.9 Å². The average Bonchev–Trinajstić information content (AvgIpc) is 2.35. The summed E-state index contributed by atoms with van der Waals surface area (Å²) in [7, 11) is 0. The first-order chi connectivity index (χ1) is 8.75. The van der Waals surface area contributed by atoms with E-state index in [0.29, 0.717) is 10.9 Å². The van der Waals surface area contributed by atoms with Crippen LogP contribution in [0.15, 0.2) is 22.7 Å². The minimum absolute atomic E-state index is 0.0860. The van der Waals surface area contributed by atoms with Gasteiger partial charge in [0.25, 0.3) is 11.6 Å². The Morgan fingerprint density at radius 1 is 1.53 bits per heavy atom. The molecular weight excluding hydrogens is 316 g/mol. The number of nitro benzene ring substituents is 1. The molecule has 0 aliphatic rings. The van der Waals surface area contributed by atoms with Crippen LogP contribution in [0.4, 0.5) is 5.69 Å². The van der Waals surface area contributed by atoms with Crippen LogP contribution in [0.5, 0.6) is 0 Å². The highest BCUT2D eigenvalue weighted by Crippen LogP contribution is 2.21. The van der Waals surface area contributed by atoms with E-state index in [9.17, 15) is 20.0 Å². The molecule has 0 spiro atoms. The molecule has 0 heterocycles. The normalized spacial score (nSPS) is 13.7. The molecule has 1 rings (SSSR count). The summed E-state index contributed by atoms with van der Waals surface area (Å²) >= 11 is 3.12. The summed E-state index contributed by atoms with van der Waals surface area (Å²) < 4.78 is 0.453. The molecule has 0 aromatic heterocycles. The number of carbonyl (C=O) groups is 1. The summed E-state index contributed by atoms with van der Waals surface area (Å²) in [4.78, 5) is 22.0. The third-order valence-corrected chi connectivity index (χ3v) is 3.20. The van der Waals surface area contributed by atoms with E-state index in [1.165, 1.54) is 18.2 Å². The Labute approximate surface area is 119 Å². The average molecular weight is 331 g/mol.